The van der Waals surface area contributed by atoms with Gasteiger partial charge in [0.2, 0.25) is 0 Å². The van der Waals surface area contributed by atoms with Gasteiger partial charge in [-0.25, -0.2) is 4.98 Å². The third-order valence-electron chi connectivity index (χ3n) is 6.85. The lowest BCUT2D eigenvalue weighted by Crippen LogP contribution is -2.46. The molecule has 2 aliphatic rings. The third kappa shape index (κ3) is 5.12. The molecule has 1 unspecified atom stereocenters. The Labute approximate surface area is 188 Å². The van der Waals surface area contributed by atoms with Crippen molar-refractivity contribution in [3.63, 3.8) is 0 Å². The van der Waals surface area contributed by atoms with Crippen LogP contribution >= 0.6 is 0 Å². The molecule has 1 saturated heterocycles. The SMILES string of the molecule is CCCCCN1CCN(c2ccnc(NC3=Cc4ccc(C(C)C)cc4C3C)c2)CC1. The van der Waals surface area contributed by atoms with Gasteiger partial charge in [-0.15, -0.1) is 0 Å². The molecule has 0 bridgehead atoms. The summed E-state index contributed by atoms with van der Waals surface area (Å²) in [4.78, 5) is 9.73. The van der Waals surface area contributed by atoms with Crippen molar-refractivity contribution in [3.05, 3.63) is 58.9 Å². The number of allylic oxidation sites excluding steroid dienone is 1. The molecule has 1 aromatic heterocycles. The lowest BCUT2D eigenvalue weighted by atomic mass is 9.94. The molecule has 0 radical (unpaired) electrons. The third-order valence-corrected chi connectivity index (χ3v) is 6.85. The first-order valence-electron chi connectivity index (χ1n) is 12.1. The van der Waals surface area contributed by atoms with E-state index in [0.29, 0.717) is 11.8 Å². The second-order valence-corrected chi connectivity index (χ2v) is 9.42. The van der Waals surface area contributed by atoms with E-state index < -0.39 is 0 Å². The van der Waals surface area contributed by atoms with Crippen LogP contribution < -0.4 is 10.2 Å². The number of aromatic nitrogens is 1. The molecule has 0 saturated carbocycles. The zero-order valence-electron chi connectivity index (χ0n) is 19.7. The predicted octanol–water partition coefficient (Wildman–Crippen LogP) is 6.09. The summed E-state index contributed by atoms with van der Waals surface area (Å²) in [6, 6.07) is 11.3. The van der Waals surface area contributed by atoms with Gasteiger partial charge in [0.1, 0.15) is 5.82 Å². The predicted molar refractivity (Wildman–Crippen MR) is 133 cm³/mol. The molecule has 4 nitrogen and oxygen atoms in total. The average molecular weight is 419 g/mol. The van der Waals surface area contributed by atoms with Crippen LogP contribution in [0.25, 0.3) is 6.08 Å². The van der Waals surface area contributed by atoms with E-state index in [1.807, 2.05) is 6.20 Å². The fourth-order valence-corrected chi connectivity index (χ4v) is 4.71. The summed E-state index contributed by atoms with van der Waals surface area (Å²) in [6.07, 6.45) is 8.19. The molecule has 166 valence electrons. The van der Waals surface area contributed by atoms with Crippen molar-refractivity contribution in [1.82, 2.24) is 9.88 Å². The van der Waals surface area contributed by atoms with Gasteiger partial charge in [-0.1, -0.05) is 58.7 Å². The van der Waals surface area contributed by atoms with Gasteiger partial charge in [0.25, 0.3) is 0 Å². The van der Waals surface area contributed by atoms with Gasteiger partial charge in [-0.05, 0) is 47.7 Å². The molecular formula is C27H38N4. The summed E-state index contributed by atoms with van der Waals surface area (Å²) >= 11 is 0. The number of benzene rings is 1. The van der Waals surface area contributed by atoms with Gasteiger partial charge in [-0.3, -0.25) is 4.90 Å². The van der Waals surface area contributed by atoms with Crippen LogP contribution in [-0.2, 0) is 0 Å². The van der Waals surface area contributed by atoms with Crippen LogP contribution in [0.4, 0.5) is 11.5 Å². The molecule has 4 heteroatoms. The Bertz CT molecular complexity index is 909. The average Bonchev–Trinajstić information content (AvgIpc) is 3.09. The normalized spacial score (nSPS) is 18.9. The number of nitrogens with zero attached hydrogens (tertiary/aromatic N) is 3. The van der Waals surface area contributed by atoms with Crippen LogP contribution in [-0.4, -0.2) is 42.6 Å². The molecule has 1 aliphatic carbocycles. The minimum atomic E-state index is 0.367. The number of nitrogens with one attached hydrogen (secondary N) is 1. The largest absolute Gasteiger partial charge is 0.369 e. The molecule has 1 aliphatic heterocycles. The Morgan fingerprint density at radius 1 is 1.06 bits per heavy atom. The summed E-state index contributed by atoms with van der Waals surface area (Å²) in [7, 11) is 0. The van der Waals surface area contributed by atoms with E-state index in [-0.39, 0.29) is 0 Å². The van der Waals surface area contributed by atoms with E-state index in [1.165, 1.54) is 53.9 Å². The Hall–Kier alpha value is -2.33. The van der Waals surface area contributed by atoms with Gasteiger partial charge >= 0.3 is 0 Å². The van der Waals surface area contributed by atoms with Gasteiger partial charge in [0, 0.05) is 55.7 Å². The molecule has 31 heavy (non-hydrogen) atoms. The number of rotatable bonds is 8. The van der Waals surface area contributed by atoms with Crippen molar-refractivity contribution < 1.29 is 0 Å². The Kier molecular flexibility index (Phi) is 6.96. The highest BCUT2D eigenvalue weighted by atomic mass is 15.3. The maximum Gasteiger partial charge on any atom is 0.132 e. The van der Waals surface area contributed by atoms with E-state index in [0.717, 1.165) is 32.0 Å². The van der Waals surface area contributed by atoms with Crippen molar-refractivity contribution >= 4 is 17.6 Å². The maximum absolute atomic E-state index is 4.62. The van der Waals surface area contributed by atoms with Crippen molar-refractivity contribution in [1.29, 1.82) is 0 Å². The van der Waals surface area contributed by atoms with Gasteiger partial charge < -0.3 is 10.2 Å². The summed E-state index contributed by atoms with van der Waals surface area (Å²) < 4.78 is 0. The van der Waals surface area contributed by atoms with Crippen LogP contribution in [0.15, 0.2) is 42.2 Å². The van der Waals surface area contributed by atoms with Gasteiger partial charge in [0.05, 0.1) is 0 Å². The van der Waals surface area contributed by atoms with Crippen molar-refractivity contribution in [2.75, 3.05) is 42.9 Å². The summed E-state index contributed by atoms with van der Waals surface area (Å²) in [5, 5.41) is 3.62. The molecule has 0 spiro atoms. The topological polar surface area (TPSA) is 31.4 Å². The minimum absolute atomic E-state index is 0.367. The molecule has 2 aromatic rings. The first-order chi connectivity index (χ1) is 15.0. The van der Waals surface area contributed by atoms with E-state index in [9.17, 15) is 0 Å². The molecular weight excluding hydrogens is 380 g/mol. The highest BCUT2D eigenvalue weighted by Crippen LogP contribution is 2.37. The number of pyridine rings is 1. The van der Waals surface area contributed by atoms with Gasteiger partial charge in [-0.2, -0.15) is 0 Å². The zero-order valence-corrected chi connectivity index (χ0v) is 19.7. The van der Waals surface area contributed by atoms with E-state index in [2.05, 4.69) is 84.2 Å². The molecule has 1 atom stereocenters. The van der Waals surface area contributed by atoms with Crippen LogP contribution in [0.5, 0.6) is 0 Å². The Morgan fingerprint density at radius 3 is 2.61 bits per heavy atom. The van der Waals surface area contributed by atoms with E-state index >= 15 is 0 Å². The lowest BCUT2D eigenvalue weighted by Gasteiger charge is -2.36. The second-order valence-electron chi connectivity index (χ2n) is 9.42. The highest BCUT2D eigenvalue weighted by molar-refractivity contribution is 5.71. The standard InChI is InChI=1S/C27H38N4/c1-5-6-7-12-30-13-15-31(16-14-30)24-10-11-28-27(19-24)29-26-18-23-9-8-22(20(2)3)17-25(23)21(26)4/h8-11,17-21H,5-7,12-16H2,1-4H3,(H,28,29). The molecule has 1 aromatic carbocycles. The summed E-state index contributed by atoms with van der Waals surface area (Å²) in [5.74, 6) is 1.86. The lowest BCUT2D eigenvalue weighted by molar-refractivity contribution is 0.252. The number of hydrogen-bond acceptors (Lipinski definition) is 4. The number of unbranched alkanes of at least 4 members (excludes halogenated alkanes) is 2. The Balaban J connectivity index is 1.38. The number of anilines is 2. The number of fused-ring (bicyclic) bond motifs is 1. The summed E-state index contributed by atoms with van der Waals surface area (Å²) in [5.41, 5.74) is 6.67. The molecule has 0 amide bonds. The molecule has 4 rings (SSSR count). The molecule has 1 fully saturated rings. The highest BCUT2D eigenvalue weighted by Gasteiger charge is 2.23. The van der Waals surface area contributed by atoms with Crippen LogP contribution in [0.1, 0.15) is 75.5 Å². The van der Waals surface area contributed by atoms with E-state index in [4.69, 9.17) is 0 Å². The number of piperazine rings is 1. The van der Waals surface area contributed by atoms with Crippen LogP contribution in [0, 0.1) is 0 Å². The summed E-state index contributed by atoms with van der Waals surface area (Å²) in [6.45, 7) is 14.8. The van der Waals surface area contributed by atoms with Crippen LogP contribution in [0.3, 0.4) is 0 Å². The fourth-order valence-electron chi connectivity index (χ4n) is 4.71. The van der Waals surface area contributed by atoms with Crippen molar-refractivity contribution in [3.8, 4) is 0 Å². The quantitative estimate of drug-likeness (QED) is 0.526. The van der Waals surface area contributed by atoms with E-state index in [1.54, 1.807) is 0 Å². The first kappa shape index (κ1) is 21.9. The Morgan fingerprint density at radius 2 is 1.87 bits per heavy atom. The first-order valence-corrected chi connectivity index (χ1v) is 12.1. The molecule has 2 heterocycles. The van der Waals surface area contributed by atoms with Crippen molar-refractivity contribution in [2.45, 2.75) is 58.8 Å². The second kappa shape index (κ2) is 9.86. The van der Waals surface area contributed by atoms with Gasteiger partial charge in [0.15, 0.2) is 0 Å². The smallest absolute Gasteiger partial charge is 0.132 e. The fraction of sp³-hybridized carbons (Fsp3) is 0.519. The maximum atomic E-state index is 4.62. The monoisotopic (exact) mass is 418 g/mol. The number of hydrogen-bond donors (Lipinski definition) is 1. The minimum Gasteiger partial charge on any atom is -0.369 e. The molecule has 1 N–H and O–H groups in total. The van der Waals surface area contributed by atoms with Crippen molar-refractivity contribution in [2.24, 2.45) is 0 Å². The zero-order chi connectivity index (χ0) is 21.8. The van der Waals surface area contributed by atoms with Crippen LogP contribution in [0.2, 0.25) is 0 Å².